The molecule has 1 aromatic heterocycles. The Bertz CT molecular complexity index is 1330. The Kier molecular flexibility index (Phi) is 9.41. The highest BCUT2D eigenvalue weighted by Gasteiger charge is 2.21. The number of unbranched alkanes of at least 4 members (excludes halogenated alkanes) is 2. The number of anilines is 3. The SMILES string of the molecule is O=C(/C=C/CCCCC(=O)NO)Nc1cc2c(Nc3ccc(F)c(Cl)c3)ncnc2cc1OC1CCOC1. The fourth-order valence-electron chi connectivity index (χ4n) is 3.84. The first kappa shape index (κ1) is 27.2. The van der Waals surface area contributed by atoms with E-state index in [2.05, 4.69) is 20.6 Å². The third-order valence-electron chi connectivity index (χ3n) is 5.78. The maximum Gasteiger partial charge on any atom is 0.248 e. The van der Waals surface area contributed by atoms with Crippen molar-refractivity contribution < 1.29 is 28.7 Å². The number of ether oxygens (including phenoxy) is 2. The van der Waals surface area contributed by atoms with Gasteiger partial charge < -0.3 is 20.1 Å². The Morgan fingerprint density at radius 1 is 1.24 bits per heavy atom. The number of benzene rings is 2. The summed E-state index contributed by atoms with van der Waals surface area (Å²) in [6, 6.07) is 7.68. The van der Waals surface area contributed by atoms with E-state index in [4.69, 9.17) is 26.3 Å². The number of aromatic nitrogens is 2. The summed E-state index contributed by atoms with van der Waals surface area (Å²) in [6.45, 7) is 1.04. The van der Waals surface area contributed by atoms with Gasteiger partial charge in [-0.1, -0.05) is 17.7 Å². The topological polar surface area (TPSA) is 135 Å². The van der Waals surface area contributed by atoms with Gasteiger partial charge in [-0.3, -0.25) is 14.8 Å². The minimum atomic E-state index is -0.531. The lowest BCUT2D eigenvalue weighted by Gasteiger charge is -2.17. The van der Waals surface area contributed by atoms with E-state index in [-0.39, 0.29) is 23.5 Å². The van der Waals surface area contributed by atoms with Gasteiger partial charge in [0, 0.05) is 30.0 Å². The van der Waals surface area contributed by atoms with Gasteiger partial charge in [-0.05, 0) is 49.6 Å². The number of halogens is 2. The van der Waals surface area contributed by atoms with Gasteiger partial charge in [-0.15, -0.1) is 0 Å². The molecular formula is C26H27ClFN5O5. The molecule has 0 saturated carbocycles. The van der Waals surface area contributed by atoms with Gasteiger partial charge in [0.15, 0.2) is 0 Å². The van der Waals surface area contributed by atoms with Crippen molar-refractivity contribution in [1.82, 2.24) is 15.4 Å². The van der Waals surface area contributed by atoms with Crippen LogP contribution in [0.15, 0.2) is 48.8 Å². The third-order valence-corrected chi connectivity index (χ3v) is 6.07. The number of fused-ring (bicyclic) bond motifs is 1. The van der Waals surface area contributed by atoms with Gasteiger partial charge >= 0.3 is 0 Å². The molecule has 0 radical (unpaired) electrons. The van der Waals surface area contributed by atoms with Crippen LogP contribution in [0, 0.1) is 5.82 Å². The van der Waals surface area contributed by atoms with Crippen LogP contribution in [0.4, 0.5) is 21.6 Å². The maximum atomic E-state index is 13.6. The predicted molar refractivity (Wildman–Crippen MR) is 140 cm³/mol. The van der Waals surface area contributed by atoms with Crippen molar-refractivity contribution in [2.24, 2.45) is 0 Å². The number of carbonyl (C=O) groups is 2. The van der Waals surface area contributed by atoms with Crippen LogP contribution in [0.2, 0.25) is 5.02 Å². The van der Waals surface area contributed by atoms with Crippen LogP contribution in [-0.4, -0.2) is 46.3 Å². The largest absolute Gasteiger partial charge is 0.486 e. The van der Waals surface area contributed by atoms with E-state index in [9.17, 15) is 14.0 Å². The Balaban J connectivity index is 1.54. The van der Waals surface area contributed by atoms with E-state index >= 15 is 0 Å². The summed E-state index contributed by atoms with van der Waals surface area (Å²) in [4.78, 5) is 32.4. The lowest BCUT2D eigenvalue weighted by Crippen LogP contribution is -2.18. The monoisotopic (exact) mass is 543 g/mol. The molecule has 4 rings (SSSR count). The van der Waals surface area contributed by atoms with Gasteiger partial charge in [-0.25, -0.2) is 19.8 Å². The normalized spacial score (nSPS) is 15.1. The zero-order valence-electron chi connectivity index (χ0n) is 20.4. The van der Waals surface area contributed by atoms with Crippen molar-refractivity contribution in [1.29, 1.82) is 0 Å². The molecule has 1 unspecified atom stereocenters. The molecule has 2 aromatic carbocycles. The van der Waals surface area contributed by atoms with Crippen LogP contribution in [0.5, 0.6) is 5.75 Å². The highest BCUT2D eigenvalue weighted by molar-refractivity contribution is 6.31. The summed E-state index contributed by atoms with van der Waals surface area (Å²) in [5, 5.41) is 15.1. The number of hydrogen-bond donors (Lipinski definition) is 4. The molecule has 1 aliphatic rings. The highest BCUT2D eigenvalue weighted by Crippen LogP contribution is 2.35. The lowest BCUT2D eigenvalue weighted by molar-refractivity contribution is -0.129. The summed E-state index contributed by atoms with van der Waals surface area (Å²) < 4.78 is 25.1. The molecule has 200 valence electrons. The first-order chi connectivity index (χ1) is 18.4. The summed E-state index contributed by atoms with van der Waals surface area (Å²) in [7, 11) is 0. The quantitative estimate of drug-likeness (QED) is 0.116. The molecule has 4 N–H and O–H groups in total. The minimum Gasteiger partial charge on any atom is -0.486 e. The fraction of sp³-hybridized carbons (Fsp3) is 0.308. The highest BCUT2D eigenvalue weighted by atomic mass is 35.5. The molecule has 1 saturated heterocycles. The first-order valence-electron chi connectivity index (χ1n) is 12.1. The Morgan fingerprint density at radius 3 is 2.87 bits per heavy atom. The molecule has 0 bridgehead atoms. The Hall–Kier alpha value is -3.80. The van der Waals surface area contributed by atoms with E-state index in [0.717, 1.165) is 6.42 Å². The molecule has 0 aliphatic carbocycles. The fourth-order valence-corrected chi connectivity index (χ4v) is 4.02. The Labute approximate surface area is 223 Å². The molecule has 10 nitrogen and oxygen atoms in total. The van der Waals surface area contributed by atoms with Crippen molar-refractivity contribution in [3.63, 3.8) is 0 Å². The standard InChI is InChI=1S/C26H27ClFN5O5/c27-19-11-16(7-8-20(19)28)31-26-18-12-22(32-24(34)5-3-1-2-4-6-25(35)33-36)23(13-21(18)29-15-30-26)38-17-9-10-37-14-17/h3,5,7-8,11-13,15,17,36H,1-2,4,6,9-10,14H2,(H,32,34)(H,33,35)(H,29,30,31)/b5-3+. The van der Waals surface area contributed by atoms with Crippen LogP contribution in [0.25, 0.3) is 10.9 Å². The van der Waals surface area contributed by atoms with Crippen molar-refractivity contribution in [3.05, 3.63) is 59.7 Å². The van der Waals surface area contributed by atoms with Crippen LogP contribution < -0.4 is 20.9 Å². The molecule has 0 spiro atoms. The number of allylic oxidation sites excluding steroid dienone is 1. The third kappa shape index (κ3) is 7.37. The van der Waals surface area contributed by atoms with Crippen molar-refractivity contribution in [2.75, 3.05) is 23.8 Å². The molecule has 38 heavy (non-hydrogen) atoms. The summed E-state index contributed by atoms with van der Waals surface area (Å²) in [6.07, 6.45) is 7.16. The van der Waals surface area contributed by atoms with Gasteiger partial charge in [0.2, 0.25) is 11.8 Å². The van der Waals surface area contributed by atoms with Gasteiger partial charge in [0.25, 0.3) is 0 Å². The Morgan fingerprint density at radius 2 is 2.11 bits per heavy atom. The van der Waals surface area contributed by atoms with Crippen LogP contribution in [0.3, 0.4) is 0 Å². The smallest absolute Gasteiger partial charge is 0.248 e. The number of nitrogens with zero attached hydrogens (tertiary/aromatic N) is 2. The average Bonchev–Trinajstić information content (AvgIpc) is 3.42. The van der Waals surface area contributed by atoms with Gasteiger partial charge in [0.1, 0.15) is 29.8 Å². The maximum absolute atomic E-state index is 13.6. The van der Waals surface area contributed by atoms with Crippen molar-refractivity contribution >= 4 is 51.5 Å². The molecule has 1 fully saturated rings. The van der Waals surface area contributed by atoms with Gasteiger partial charge in [0.05, 0.1) is 29.4 Å². The zero-order valence-corrected chi connectivity index (χ0v) is 21.1. The number of hydroxylamine groups is 1. The first-order valence-corrected chi connectivity index (χ1v) is 12.5. The summed E-state index contributed by atoms with van der Waals surface area (Å²) in [5.41, 5.74) is 3.12. The minimum absolute atomic E-state index is 0.0285. The summed E-state index contributed by atoms with van der Waals surface area (Å²) >= 11 is 5.92. The molecule has 1 atom stereocenters. The van der Waals surface area contributed by atoms with Crippen molar-refractivity contribution in [3.8, 4) is 5.75 Å². The van der Waals surface area contributed by atoms with E-state index in [1.807, 2.05) is 0 Å². The number of rotatable bonds is 11. The zero-order chi connectivity index (χ0) is 26.9. The molecule has 12 heteroatoms. The molecule has 2 amide bonds. The van der Waals surface area contributed by atoms with E-state index < -0.39 is 11.7 Å². The number of nitrogens with one attached hydrogen (secondary N) is 3. The number of carbonyl (C=O) groups excluding carboxylic acids is 2. The van der Waals surface area contributed by atoms with Crippen LogP contribution >= 0.6 is 11.6 Å². The van der Waals surface area contributed by atoms with Crippen LogP contribution in [0.1, 0.15) is 32.1 Å². The molecule has 3 aromatic rings. The van der Waals surface area contributed by atoms with E-state index in [0.29, 0.717) is 66.3 Å². The molecule has 1 aliphatic heterocycles. The molecule has 2 heterocycles. The molecular weight excluding hydrogens is 517 g/mol. The second-order valence-electron chi connectivity index (χ2n) is 8.62. The second-order valence-corrected chi connectivity index (χ2v) is 9.02. The van der Waals surface area contributed by atoms with E-state index in [1.54, 1.807) is 23.7 Å². The average molecular weight is 544 g/mol. The lowest BCUT2D eigenvalue weighted by atomic mass is 10.1. The van der Waals surface area contributed by atoms with Gasteiger partial charge in [-0.2, -0.15) is 0 Å². The number of amides is 2. The second kappa shape index (κ2) is 13.1. The van der Waals surface area contributed by atoms with E-state index in [1.165, 1.54) is 30.6 Å². The van der Waals surface area contributed by atoms with Crippen molar-refractivity contribution in [2.45, 2.75) is 38.2 Å². The summed E-state index contributed by atoms with van der Waals surface area (Å²) in [5.74, 6) is -0.452. The predicted octanol–water partition coefficient (Wildman–Crippen LogP) is 4.89. The van der Waals surface area contributed by atoms with Crippen LogP contribution in [-0.2, 0) is 14.3 Å². The number of hydrogen-bond acceptors (Lipinski definition) is 8.